The zero-order chi connectivity index (χ0) is 14.0. The molecule has 4 heteroatoms. The molecular weight excluding hydrogens is 286 g/mol. The van der Waals surface area contributed by atoms with Crippen LogP contribution in [0.3, 0.4) is 0 Å². The third kappa shape index (κ3) is 3.47. The largest absolute Gasteiger partial charge is 0.385 e. The standard InChI is InChI=1S/C15H13Cl2FO/c1-15(19,11-3-5-12(16)6-4-11)9-10-2-7-13(17)14(18)8-10/h2-8,19H,9H2,1H3. The van der Waals surface area contributed by atoms with Gasteiger partial charge in [0.2, 0.25) is 0 Å². The van der Waals surface area contributed by atoms with Crippen molar-refractivity contribution in [2.45, 2.75) is 18.9 Å². The Kier molecular flexibility index (Phi) is 4.14. The molecule has 0 spiro atoms. The lowest BCUT2D eigenvalue weighted by atomic mass is 9.89. The van der Waals surface area contributed by atoms with Gasteiger partial charge >= 0.3 is 0 Å². The van der Waals surface area contributed by atoms with Crippen molar-refractivity contribution < 1.29 is 9.50 Å². The lowest BCUT2D eigenvalue weighted by Crippen LogP contribution is -2.24. The maximum Gasteiger partial charge on any atom is 0.142 e. The molecule has 19 heavy (non-hydrogen) atoms. The second kappa shape index (κ2) is 5.49. The number of hydrogen-bond acceptors (Lipinski definition) is 1. The summed E-state index contributed by atoms with van der Waals surface area (Å²) in [6.45, 7) is 1.68. The van der Waals surface area contributed by atoms with Crippen LogP contribution in [0, 0.1) is 5.82 Å². The summed E-state index contributed by atoms with van der Waals surface area (Å²) in [5, 5.41) is 11.2. The molecule has 0 fully saturated rings. The molecule has 0 saturated heterocycles. The third-order valence-corrected chi connectivity index (χ3v) is 3.56. The van der Waals surface area contributed by atoms with E-state index in [9.17, 15) is 9.50 Å². The predicted octanol–water partition coefficient (Wildman–Crippen LogP) is 4.58. The Labute approximate surface area is 121 Å². The molecule has 2 rings (SSSR count). The lowest BCUT2D eigenvalue weighted by Gasteiger charge is -2.24. The van der Waals surface area contributed by atoms with E-state index in [0.717, 1.165) is 5.56 Å². The summed E-state index contributed by atoms with van der Waals surface area (Å²) in [4.78, 5) is 0. The van der Waals surface area contributed by atoms with Crippen LogP contribution in [-0.4, -0.2) is 5.11 Å². The van der Waals surface area contributed by atoms with Gasteiger partial charge in [0.05, 0.1) is 10.6 Å². The van der Waals surface area contributed by atoms with Crippen LogP contribution in [0.25, 0.3) is 0 Å². The van der Waals surface area contributed by atoms with Gasteiger partial charge in [0.15, 0.2) is 0 Å². The molecule has 0 aliphatic carbocycles. The van der Waals surface area contributed by atoms with Crippen molar-refractivity contribution in [3.05, 3.63) is 69.5 Å². The minimum absolute atomic E-state index is 0.0786. The molecule has 1 unspecified atom stereocenters. The highest BCUT2D eigenvalue weighted by atomic mass is 35.5. The van der Waals surface area contributed by atoms with E-state index in [-0.39, 0.29) is 5.02 Å². The van der Waals surface area contributed by atoms with Crippen molar-refractivity contribution in [3.63, 3.8) is 0 Å². The molecule has 0 heterocycles. The first kappa shape index (κ1) is 14.3. The maximum absolute atomic E-state index is 13.4. The quantitative estimate of drug-likeness (QED) is 0.879. The first-order chi connectivity index (χ1) is 8.88. The van der Waals surface area contributed by atoms with Crippen molar-refractivity contribution in [2.24, 2.45) is 0 Å². The zero-order valence-electron chi connectivity index (χ0n) is 10.3. The average Bonchev–Trinajstić information content (AvgIpc) is 2.34. The van der Waals surface area contributed by atoms with Gasteiger partial charge < -0.3 is 5.11 Å². The maximum atomic E-state index is 13.4. The van der Waals surface area contributed by atoms with Crippen LogP contribution < -0.4 is 0 Å². The van der Waals surface area contributed by atoms with Gasteiger partial charge in [0.25, 0.3) is 0 Å². The van der Waals surface area contributed by atoms with Gasteiger partial charge in [-0.25, -0.2) is 4.39 Å². The Hall–Kier alpha value is -1.09. The third-order valence-electron chi connectivity index (χ3n) is 3.00. The van der Waals surface area contributed by atoms with Gasteiger partial charge in [-0.05, 0) is 42.3 Å². The summed E-state index contributed by atoms with van der Waals surface area (Å²) < 4.78 is 13.4. The summed E-state index contributed by atoms with van der Waals surface area (Å²) in [6.07, 6.45) is 0.294. The molecule has 0 aliphatic heterocycles. The van der Waals surface area contributed by atoms with Crippen molar-refractivity contribution in [1.82, 2.24) is 0 Å². The molecule has 0 aromatic heterocycles. The first-order valence-electron chi connectivity index (χ1n) is 5.81. The van der Waals surface area contributed by atoms with Gasteiger partial charge in [-0.15, -0.1) is 0 Å². The van der Waals surface area contributed by atoms with E-state index < -0.39 is 11.4 Å². The molecule has 2 aromatic rings. The zero-order valence-corrected chi connectivity index (χ0v) is 11.8. The summed E-state index contributed by atoms with van der Waals surface area (Å²) in [5.41, 5.74) is 0.319. The van der Waals surface area contributed by atoms with Crippen molar-refractivity contribution in [1.29, 1.82) is 0 Å². The molecule has 0 bridgehead atoms. The molecule has 1 N–H and O–H groups in total. The van der Waals surface area contributed by atoms with Crippen LogP contribution in [-0.2, 0) is 12.0 Å². The summed E-state index contributed by atoms with van der Waals surface area (Å²) >= 11 is 11.4. The fourth-order valence-electron chi connectivity index (χ4n) is 1.96. The van der Waals surface area contributed by atoms with Crippen LogP contribution in [0.15, 0.2) is 42.5 Å². The van der Waals surface area contributed by atoms with Crippen LogP contribution in [0.4, 0.5) is 4.39 Å². The van der Waals surface area contributed by atoms with Crippen molar-refractivity contribution in [3.8, 4) is 0 Å². The van der Waals surface area contributed by atoms with Gasteiger partial charge in [-0.2, -0.15) is 0 Å². The highest BCUT2D eigenvalue weighted by Crippen LogP contribution is 2.27. The Morgan fingerprint density at radius 3 is 2.32 bits per heavy atom. The van der Waals surface area contributed by atoms with E-state index in [2.05, 4.69) is 0 Å². The van der Waals surface area contributed by atoms with Gasteiger partial charge in [0, 0.05) is 11.4 Å². The number of benzene rings is 2. The van der Waals surface area contributed by atoms with E-state index in [1.807, 2.05) is 0 Å². The number of aliphatic hydroxyl groups is 1. The Balaban J connectivity index is 2.25. The smallest absolute Gasteiger partial charge is 0.142 e. The Morgan fingerprint density at radius 2 is 1.74 bits per heavy atom. The van der Waals surface area contributed by atoms with Gasteiger partial charge in [0.1, 0.15) is 5.82 Å². The number of rotatable bonds is 3. The number of hydrogen-bond donors (Lipinski definition) is 1. The molecule has 0 radical (unpaired) electrons. The van der Waals surface area contributed by atoms with E-state index >= 15 is 0 Å². The molecule has 100 valence electrons. The molecular formula is C15H13Cl2FO. The molecule has 1 atom stereocenters. The van der Waals surface area contributed by atoms with Crippen molar-refractivity contribution in [2.75, 3.05) is 0 Å². The normalized spacial score (nSPS) is 14.2. The second-order valence-corrected chi connectivity index (χ2v) is 5.55. The second-order valence-electron chi connectivity index (χ2n) is 4.71. The van der Waals surface area contributed by atoms with Crippen LogP contribution >= 0.6 is 23.2 Å². The van der Waals surface area contributed by atoms with Crippen LogP contribution in [0.2, 0.25) is 10.0 Å². The highest BCUT2D eigenvalue weighted by molar-refractivity contribution is 6.30. The molecule has 1 nitrogen and oxygen atoms in total. The summed E-state index contributed by atoms with van der Waals surface area (Å²) in [5.74, 6) is -0.480. The van der Waals surface area contributed by atoms with Crippen molar-refractivity contribution >= 4 is 23.2 Å². The van der Waals surface area contributed by atoms with Crippen LogP contribution in [0.5, 0.6) is 0 Å². The predicted molar refractivity (Wildman–Crippen MR) is 76.1 cm³/mol. The molecule has 0 saturated carbocycles. The monoisotopic (exact) mass is 298 g/mol. The molecule has 2 aromatic carbocycles. The van der Waals surface area contributed by atoms with Gasteiger partial charge in [-0.3, -0.25) is 0 Å². The Bertz CT molecular complexity index is 579. The SMILES string of the molecule is CC(O)(Cc1ccc(Cl)c(F)c1)c1ccc(Cl)cc1. The van der Waals surface area contributed by atoms with Crippen LogP contribution in [0.1, 0.15) is 18.1 Å². The van der Waals surface area contributed by atoms with E-state index in [1.54, 1.807) is 37.3 Å². The number of halogens is 3. The molecule has 0 aliphatic rings. The Morgan fingerprint density at radius 1 is 1.11 bits per heavy atom. The summed E-state index contributed by atoms with van der Waals surface area (Å²) in [7, 11) is 0. The summed E-state index contributed by atoms with van der Waals surface area (Å²) in [6, 6.07) is 11.5. The highest BCUT2D eigenvalue weighted by Gasteiger charge is 2.23. The average molecular weight is 299 g/mol. The fourth-order valence-corrected chi connectivity index (χ4v) is 2.20. The molecule has 0 amide bonds. The fraction of sp³-hybridized carbons (Fsp3) is 0.200. The lowest BCUT2D eigenvalue weighted by molar-refractivity contribution is 0.0576. The first-order valence-corrected chi connectivity index (χ1v) is 6.56. The minimum atomic E-state index is -1.09. The topological polar surface area (TPSA) is 20.2 Å². The van der Waals surface area contributed by atoms with E-state index in [4.69, 9.17) is 23.2 Å². The van der Waals surface area contributed by atoms with E-state index in [1.165, 1.54) is 12.1 Å². The van der Waals surface area contributed by atoms with E-state index in [0.29, 0.717) is 17.0 Å². The minimum Gasteiger partial charge on any atom is -0.385 e. The van der Waals surface area contributed by atoms with Gasteiger partial charge in [-0.1, -0.05) is 41.4 Å².